The zero-order valence-electron chi connectivity index (χ0n) is 13.9. The molecule has 2 heterocycles. The molecule has 2 amide bonds. The molecule has 133 valence electrons. The van der Waals surface area contributed by atoms with Crippen LogP contribution in [0.2, 0.25) is 0 Å². The summed E-state index contributed by atoms with van der Waals surface area (Å²) in [5.41, 5.74) is -0.403. The Morgan fingerprint density at radius 2 is 1.63 bits per heavy atom. The van der Waals surface area contributed by atoms with Crippen molar-refractivity contribution in [2.24, 2.45) is 5.84 Å². The van der Waals surface area contributed by atoms with E-state index in [-0.39, 0.29) is 22.7 Å². The molecule has 2 N–H and O–H groups in total. The highest BCUT2D eigenvalue weighted by Crippen LogP contribution is 2.23. The number of aromatic nitrogens is 2. The minimum atomic E-state index is -0.950. The number of pyridine rings is 2. The lowest BCUT2D eigenvalue weighted by atomic mass is 10.2. The highest BCUT2D eigenvalue weighted by atomic mass is 16.5. The van der Waals surface area contributed by atoms with E-state index in [2.05, 4.69) is 9.97 Å². The van der Waals surface area contributed by atoms with Crippen LogP contribution in [0.15, 0.2) is 67.0 Å². The van der Waals surface area contributed by atoms with Crippen molar-refractivity contribution in [2.75, 3.05) is 0 Å². The monoisotopic (exact) mass is 361 g/mol. The van der Waals surface area contributed by atoms with Gasteiger partial charge in [0.05, 0.1) is 5.56 Å². The highest BCUT2D eigenvalue weighted by Gasteiger charge is 2.27. The molecule has 0 aliphatic carbocycles. The zero-order valence-corrected chi connectivity index (χ0v) is 13.9. The van der Waals surface area contributed by atoms with Crippen molar-refractivity contribution < 1.29 is 19.1 Å². The molecule has 0 spiro atoms. The number of carbonyl (C=O) groups excluding carboxylic acids is 3. The van der Waals surface area contributed by atoms with Gasteiger partial charge in [-0.2, -0.15) is 0 Å². The first-order valence-electron chi connectivity index (χ1n) is 7.76. The summed E-state index contributed by atoms with van der Waals surface area (Å²) >= 11 is 0. The van der Waals surface area contributed by atoms with Crippen molar-refractivity contribution in [3.63, 3.8) is 0 Å². The summed E-state index contributed by atoms with van der Waals surface area (Å²) in [6, 6.07) is 14.5. The van der Waals surface area contributed by atoms with E-state index >= 15 is 0 Å². The van der Waals surface area contributed by atoms with E-state index in [1.807, 2.05) is 6.07 Å². The molecule has 3 aromatic rings. The molecular formula is C19H13N4O4. The molecule has 1 radical (unpaired) electrons. The number of hydrogen-bond donors (Lipinski definition) is 1. The summed E-state index contributed by atoms with van der Waals surface area (Å²) in [7, 11) is 0. The minimum Gasteiger partial charge on any atom is -0.438 e. The summed E-state index contributed by atoms with van der Waals surface area (Å²) in [4.78, 5) is 44.0. The third kappa shape index (κ3) is 3.86. The maximum absolute atomic E-state index is 12.7. The lowest BCUT2D eigenvalue weighted by molar-refractivity contribution is 0.0610. The van der Waals surface area contributed by atoms with Crippen LogP contribution in [0.25, 0.3) is 0 Å². The van der Waals surface area contributed by atoms with Gasteiger partial charge in [0.2, 0.25) is 12.2 Å². The predicted octanol–water partition coefficient (Wildman–Crippen LogP) is 1.88. The van der Waals surface area contributed by atoms with E-state index in [1.54, 1.807) is 30.6 Å². The van der Waals surface area contributed by atoms with Crippen molar-refractivity contribution in [1.29, 1.82) is 0 Å². The van der Waals surface area contributed by atoms with Gasteiger partial charge in [-0.3, -0.25) is 19.4 Å². The van der Waals surface area contributed by atoms with Crippen LogP contribution in [0.3, 0.4) is 0 Å². The lowest BCUT2D eigenvalue weighted by Crippen LogP contribution is -2.43. The number of hydrazine groups is 1. The van der Waals surface area contributed by atoms with E-state index in [1.165, 1.54) is 36.7 Å². The van der Waals surface area contributed by atoms with E-state index in [9.17, 15) is 14.4 Å². The molecule has 3 rings (SSSR count). The van der Waals surface area contributed by atoms with Gasteiger partial charge in [0.1, 0.15) is 17.0 Å². The van der Waals surface area contributed by atoms with E-state index in [0.29, 0.717) is 10.8 Å². The number of rotatable bonds is 5. The van der Waals surface area contributed by atoms with Gasteiger partial charge in [0.25, 0.3) is 11.8 Å². The summed E-state index contributed by atoms with van der Waals surface area (Å²) < 4.78 is 5.61. The predicted molar refractivity (Wildman–Crippen MR) is 94.5 cm³/mol. The van der Waals surface area contributed by atoms with Gasteiger partial charge in [-0.05, 0) is 36.4 Å². The Morgan fingerprint density at radius 3 is 2.37 bits per heavy atom. The fraction of sp³-hybridized carbons (Fsp3) is 0. The number of amides is 2. The highest BCUT2D eigenvalue weighted by molar-refractivity contribution is 6.11. The number of carbonyl (C=O) groups is 2. The first kappa shape index (κ1) is 17.9. The number of para-hydroxylation sites is 1. The molecule has 8 nitrogen and oxygen atoms in total. The second kappa shape index (κ2) is 7.98. The molecular weight excluding hydrogens is 348 g/mol. The van der Waals surface area contributed by atoms with Crippen molar-refractivity contribution in [3.8, 4) is 11.6 Å². The van der Waals surface area contributed by atoms with Gasteiger partial charge in [-0.1, -0.05) is 18.2 Å². The summed E-state index contributed by atoms with van der Waals surface area (Å²) in [6.07, 6.45) is 4.34. The van der Waals surface area contributed by atoms with Gasteiger partial charge in [-0.25, -0.2) is 15.8 Å². The topological polar surface area (TPSA) is 115 Å². The molecule has 0 aliphatic rings. The number of benzene rings is 1. The van der Waals surface area contributed by atoms with Crippen molar-refractivity contribution in [1.82, 2.24) is 15.0 Å². The van der Waals surface area contributed by atoms with Crippen LogP contribution in [0.4, 0.5) is 0 Å². The molecule has 0 aliphatic heterocycles. The Hall–Kier alpha value is -3.91. The molecule has 27 heavy (non-hydrogen) atoms. The lowest BCUT2D eigenvalue weighted by Gasteiger charge is -2.16. The van der Waals surface area contributed by atoms with Crippen LogP contribution >= 0.6 is 0 Å². The van der Waals surface area contributed by atoms with Gasteiger partial charge in [0.15, 0.2) is 0 Å². The quantitative estimate of drug-likeness (QED) is 0.319. The molecule has 0 saturated carbocycles. The van der Waals surface area contributed by atoms with Gasteiger partial charge < -0.3 is 4.74 Å². The van der Waals surface area contributed by atoms with Crippen molar-refractivity contribution in [3.05, 3.63) is 83.8 Å². The number of imide groups is 1. The maximum atomic E-state index is 12.7. The Bertz CT molecular complexity index is 992. The largest absolute Gasteiger partial charge is 0.438 e. The molecule has 8 heteroatoms. The first-order valence-corrected chi connectivity index (χ1v) is 7.76. The normalized spacial score (nSPS) is 10.1. The van der Waals surface area contributed by atoms with Crippen molar-refractivity contribution in [2.45, 2.75) is 0 Å². The fourth-order valence-corrected chi connectivity index (χ4v) is 2.23. The van der Waals surface area contributed by atoms with Crippen LogP contribution in [-0.4, -0.2) is 33.1 Å². The Labute approximate surface area is 154 Å². The Kier molecular flexibility index (Phi) is 5.29. The summed E-state index contributed by atoms with van der Waals surface area (Å²) in [5.74, 6) is 4.33. The van der Waals surface area contributed by atoms with Crippen LogP contribution in [0.1, 0.15) is 26.4 Å². The van der Waals surface area contributed by atoms with E-state index in [0.717, 1.165) is 0 Å². The Balaban J connectivity index is 1.89. The van der Waals surface area contributed by atoms with E-state index < -0.39 is 11.8 Å². The molecule has 1 aromatic carbocycles. The standard InChI is InChI=1S/C19H13N4O4/c20-23(19(26)16-13(12-24)6-4-10-21-16)18(25)15-9-5-11-22-17(15)27-14-7-2-1-3-8-14/h1-11H,20H2. The SMILES string of the molecule is NN(C(=O)c1cccnc1Oc1ccccc1)C(=O)c1ncccc1[C]=O. The number of nitrogens with zero attached hydrogens (tertiary/aromatic N) is 3. The zero-order chi connectivity index (χ0) is 19.2. The minimum absolute atomic E-state index is 0.0138. The second-order valence-corrected chi connectivity index (χ2v) is 5.25. The summed E-state index contributed by atoms with van der Waals surface area (Å²) in [5, 5.41) is 0.359. The van der Waals surface area contributed by atoms with Crippen LogP contribution in [0.5, 0.6) is 11.6 Å². The summed E-state index contributed by atoms with van der Waals surface area (Å²) in [6.45, 7) is 0. The number of nitrogens with two attached hydrogens (primary N) is 1. The van der Waals surface area contributed by atoms with E-state index in [4.69, 9.17) is 10.6 Å². The third-order valence-electron chi connectivity index (χ3n) is 3.52. The van der Waals surface area contributed by atoms with Gasteiger partial charge in [0, 0.05) is 12.4 Å². The fourth-order valence-electron chi connectivity index (χ4n) is 2.23. The average Bonchev–Trinajstić information content (AvgIpc) is 2.73. The first-order chi connectivity index (χ1) is 13.1. The average molecular weight is 361 g/mol. The van der Waals surface area contributed by atoms with Gasteiger partial charge in [-0.15, -0.1) is 0 Å². The molecule has 0 bridgehead atoms. The third-order valence-corrected chi connectivity index (χ3v) is 3.52. The molecule has 0 fully saturated rings. The van der Waals surface area contributed by atoms with Gasteiger partial charge >= 0.3 is 0 Å². The molecule has 2 aromatic heterocycles. The maximum Gasteiger partial charge on any atom is 0.294 e. The molecule has 0 saturated heterocycles. The van der Waals surface area contributed by atoms with Crippen molar-refractivity contribution >= 4 is 18.1 Å². The number of hydrogen-bond acceptors (Lipinski definition) is 7. The second-order valence-electron chi connectivity index (χ2n) is 5.25. The Morgan fingerprint density at radius 1 is 0.926 bits per heavy atom. The van der Waals surface area contributed by atoms with Crippen LogP contribution in [0, 0.1) is 0 Å². The van der Waals surface area contributed by atoms with Crippen LogP contribution < -0.4 is 10.6 Å². The number of ether oxygens (including phenoxy) is 1. The smallest absolute Gasteiger partial charge is 0.294 e. The molecule has 0 atom stereocenters. The van der Waals surface area contributed by atoms with Crippen LogP contribution in [-0.2, 0) is 4.79 Å². The molecule has 0 unspecified atom stereocenters.